The van der Waals surface area contributed by atoms with E-state index in [1.54, 1.807) is 0 Å². The first-order chi connectivity index (χ1) is 12.7. The summed E-state index contributed by atoms with van der Waals surface area (Å²) in [5.41, 5.74) is 0.407. The second-order valence-corrected chi connectivity index (χ2v) is 6.90. The lowest BCUT2D eigenvalue weighted by molar-refractivity contribution is -0.131. The van der Waals surface area contributed by atoms with Crippen molar-refractivity contribution in [2.24, 2.45) is 0 Å². The highest BCUT2D eigenvalue weighted by Crippen LogP contribution is 2.48. The fourth-order valence-electron chi connectivity index (χ4n) is 3.30. The fourth-order valence-corrected chi connectivity index (χ4v) is 3.30. The Hall–Kier alpha value is -1.96. The highest BCUT2D eigenvalue weighted by molar-refractivity contribution is 5.95. The van der Waals surface area contributed by atoms with Gasteiger partial charge < -0.3 is 20.5 Å². The van der Waals surface area contributed by atoms with Gasteiger partial charge >= 0.3 is 0 Å². The minimum atomic E-state index is -0.923. The second kappa shape index (κ2) is 8.62. The zero-order chi connectivity index (χ0) is 18.4. The number of nitrogens with zero attached hydrogens (tertiary/aromatic N) is 1. The third-order valence-electron chi connectivity index (χ3n) is 5.15. The zero-order valence-corrected chi connectivity index (χ0v) is 14.9. The van der Waals surface area contributed by atoms with Gasteiger partial charge in [-0.05, 0) is 18.4 Å². The molecule has 1 unspecified atom stereocenters. The monoisotopic (exact) mass is 361 g/mol. The Morgan fingerprint density at radius 1 is 1.19 bits per heavy atom. The topological polar surface area (TPSA) is 90.9 Å². The molecule has 0 radical (unpaired) electrons. The van der Waals surface area contributed by atoms with Crippen LogP contribution in [0.5, 0.6) is 0 Å². The summed E-state index contributed by atoms with van der Waals surface area (Å²) < 4.78 is 5.29. The van der Waals surface area contributed by atoms with Gasteiger partial charge in [0.1, 0.15) is 6.04 Å². The normalized spacial score (nSPS) is 20.2. The number of benzene rings is 1. The van der Waals surface area contributed by atoms with E-state index >= 15 is 0 Å². The minimum Gasteiger partial charge on any atom is -0.394 e. The SMILES string of the molecule is O=C(NCCN1CCOCC1)C(CO)NC(=O)C1(c2ccccc2)CC1. The van der Waals surface area contributed by atoms with Gasteiger partial charge in [-0.1, -0.05) is 30.3 Å². The van der Waals surface area contributed by atoms with E-state index in [1.165, 1.54) is 0 Å². The molecule has 1 aliphatic carbocycles. The van der Waals surface area contributed by atoms with Crippen molar-refractivity contribution in [3.8, 4) is 0 Å². The van der Waals surface area contributed by atoms with E-state index in [9.17, 15) is 14.7 Å². The summed E-state index contributed by atoms with van der Waals surface area (Å²) >= 11 is 0. The van der Waals surface area contributed by atoms with Crippen LogP contribution in [0.15, 0.2) is 30.3 Å². The van der Waals surface area contributed by atoms with Gasteiger partial charge in [0, 0.05) is 26.2 Å². The summed E-state index contributed by atoms with van der Waals surface area (Å²) in [5, 5.41) is 15.1. The lowest BCUT2D eigenvalue weighted by atomic mass is 9.94. The van der Waals surface area contributed by atoms with Crippen LogP contribution in [-0.4, -0.2) is 73.9 Å². The van der Waals surface area contributed by atoms with Crippen LogP contribution in [0, 0.1) is 0 Å². The molecule has 7 heteroatoms. The molecule has 2 aliphatic rings. The molecule has 7 nitrogen and oxygen atoms in total. The smallest absolute Gasteiger partial charge is 0.245 e. The number of hydrogen-bond acceptors (Lipinski definition) is 5. The number of carbonyl (C=O) groups excluding carboxylic acids is 2. The molecule has 0 spiro atoms. The van der Waals surface area contributed by atoms with E-state index in [-0.39, 0.29) is 11.8 Å². The van der Waals surface area contributed by atoms with Gasteiger partial charge in [0.15, 0.2) is 0 Å². The summed E-state index contributed by atoms with van der Waals surface area (Å²) in [7, 11) is 0. The van der Waals surface area contributed by atoms with E-state index in [0.717, 1.165) is 38.0 Å². The van der Waals surface area contributed by atoms with E-state index in [0.29, 0.717) is 19.8 Å². The zero-order valence-electron chi connectivity index (χ0n) is 14.9. The van der Waals surface area contributed by atoms with Crippen molar-refractivity contribution in [1.82, 2.24) is 15.5 Å². The maximum Gasteiger partial charge on any atom is 0.245 e. The van der Waals surface area contributed by atoms with E-state index in [2.05, 4.69) is 15.5 Å². The first kappa shape index (κ1) is 18.8. The van der Waals surface area contributed by atoms with Crippen molar-refractivity contribution >= 4 is 11.8 Å². The first-order valence-electron chi connectivity index (χ1n) is 9.21. The van der Waals surface area contributed by atoms with Crippen molar-refractivity contribution in [2.45, 2.75) is 24.3 Å². The number of hydrogen-bond donors (Lipinski definition) is 3. The molecule has 142 valence electrons. The summed E-state index contributed by atoms with van der Waals surface area (Å²) in [5.74, 6) is -0.538. The summed E-state index contributed by atoms with van der Waals surface area (Å²) in [6.07, 6.45) is 1.53. The van der Waals surface area contributed by atoms with Gasteiger partial charge in [-0.25, -0.2) is 0 Å². The molecule has 2 fully saturated rings. The third-order valence-corrected chi connectivity index (χ3v) is 5.15. The number of aliphatic hydroxyl groups is 1. The van der Waals surface area contributed by atoms with Crippen LogP contribution in [-0.2, 0) is 19.7 Å². The molecule has 1 aromatic rings. The van der Waals surface area contributed by atoms with Crippen LogP contribution in [0.2, 0.25) is 0 Å². The molecule has 1 aromatic carbocycles. The minimum absolute atomic E-state index is 0.189. The number of aliphatic hydroxyl groups excluding tert-OH is 1. The van der Waals surface area contributed by atoms with Gasteiger partial charge in [0.05, 0.1) is 25.2 Å². The predicted octanol–water partition coefficient (Wildman–Crippen LogP) is -0.356. The van der Waals surface area contributed by atoms with Crippen molar-refractivity contribution < 1.29 is 19.4 Å². The Balaban J connectivity index is 1.49. The van der Waals surface area contributed by atoms with Gasteiger partial charge in [-0.3, -0.25) is 14.5 Å². The molecule has 1 aliphatic heterocycles. The quantitative estimate of drug-likeness (QED) is 0.588. The van der Waals surface area contributed by atoms with E-state index in [1.807, 2.05) is 30.3 Å². The molecule has 2 amide bonds. The van der Waals surface area contributed by atoms with Gasteiger partial charge in [0.2, 0.25) is 11.8 Å². The maximum atomic E-state index is 12.7. The average Bonchev–Trinajstić information content (AvgIpc) is 3.49. The number of nitrogens with one attached hydrogen (secondary N) is 2. The number of rotatable bonds is 8. The lowest BCUT2D eigenvalue weighted by Crippen LogP contribution is -2.52. The molecule has 1 saturated heterocycles. The van der Waals surface area contributed by atoms with Crippen LogP contribution in [0.4, 0.5) is 0 Å². The fraction of sp³-hybridized carbons (Fsp3) is 0.579. The highest BCUT2D eigenvalue weighted by atomic mass is 16.5. The van der Waals surface area contributed by atoms with E-state index < -0.39 is 18.1 Å². The highest BCUT2D eigenvalue weighted by Gasteiger charge is 2.51. The Morgan fingerprint density at radius 2 is 1.88 bits per heavy atom. The molecule has 0 aromatic heterocycles. The van der Waals surface area contributed by atoms with Crippen molar-refractivity contribution in [3.63, 3.8) is 0 Å². The van der Waals surface area contributed by atoms with Crippen molar-refractivity contribution in [2.75, 3.05) is 46.0 Å². The molecule has 3 N–H and O–H groups in total. The van der Waals surface area contributed by atoms with Crippen molar-refractivity contribution in [1.29, 1.82) is 0 Å². The maximum absolute atomic E-state index is 12.7. The molecule has 0 bridgehead atoms. The predicted molar refractivity (Wildman–Crippen MR) is 96.6 cm³/mol. The molecule has 3 rings (SSSR count). The molecule has 1 saturated carbocycles. The molecular formula is C19H27N3O4. The number of amides is 2. The number of carbonyl (C=O) groups is 2. The van der Waals surface area contributed by atoms with Gasteiger partial charge in [0.25, 0.3) is 0 Å². The third kappa shape index (κ3) is 4.41. The van der Waals surface area contributed by atoms with Crippen LogP contribution >= 0.6 is 0 Å². The average molecular weight is 361 g/mol. The van der Waals surface area contributed by atoms with E-state index in [4.69, 9.17) is 4.74 Å². The summed E-state index contributed by atoms with van der Waals surface area (Å²) in [6, 6.07) is 8.67. The van der Waals surface area contributed by atoms with Crippen molar-refractivity contribution in [3.05, 3.63) is 35.9 Å². The molecule has 1 heterocycles. The van der Waals surface area contributed by atoms with Crippen LogP contribution in [0.3, 0.4) is 0 Å². The largest absolute Gasteiger partial charge is 0.394 e. The lowest BCUT2D eigenvalue weighted by Gasteiger charge is -2.27. The van der Waals surface area contributed by atoms with Crippen LogP contribution in [0.1, 0.15) is 18.4 Å². The van der Waals surface area contributed by atoms with Crippen LogP contribution in [0.25, 0.3) is 0 Å². The molecular weight excluding hydrogens is 334 g/mol. The molecule has 26 heavy (non-hydrogen) atoms. The summed E-state index contributed by atoms with van der Waals surface area (Å²) in [4.78, 5) is 27.2. The standard InChI is InChI=1S/C19H27N3O4/c23-14-16(17(24)20-8-9-22-10-12-26-13-11-22)21-18(25)19(6-7-19)15-4-2-1-3-5-15/h1-5,16,23H,6-14H2,(H,20,24)(H,21,25). The number of morpholine rings is 1. The van der Waals surface area contributed by atoms with Gasteiger partial charge in [-0.15, -0.1) is 0 Å². The summed E-state index contributed by atoms with van der Waals surface area (Å²) in [6.45, 7) is 3.94. The first-order valence-corrected chi connectivity index (χ1v) is 9.21. The second-order valence-electron chi connectivity index (χ2n) is 6.90. The Labute approximate surface area is 153 Å². The number of ether oxygens (including phenoxy) is 1. The Bertz CT molecular complexity index is 612. The Kier molecular flexibility index (Phi) is 6.24. The van der Waals surface area contributed by atoms with Crippen LogP contribution < -0.4 is 10.6 Å². The Morgan fingerprint density at radius 3 is 2.50 bits per heavy atom. The van der Waals surface area contributed by atoms with Gasteiger partial charge in [-0.2, -0.15) is 0 Å². The molecule has 1 atom stereocenters.